The summed E-state index contributed by atoms with van der Waals surface area (Å²) >= 11 is 0. The van der Waals surface area contributed by atoms with Gasteiger partial charge in [-0.3, -0.25) is 4.98 Å². The summed E-state index contributed by atoms with van der Waals surface area (Å²) in [6.45, 7) is 4.99. The van der Waals surface area contributed by atoms with E-state index in [1.165, 1.54) is 0 Å². The number of aryl methyl sites for hydroxylation is 2. The van der Waals surface area contributed by atoms with Crippen molar-refractivity contribution in [3.8, 4) is 11.6 Å². The summed E-state index contributed by atoms with van der Waals surface area (Å²) in [5.74, 6) is 1.42. The number of nitrogens with one attached hydrogen (secondary N) is 1. The monoisotopic (exact) mass is 246 g/mol. The minimum atomic E-state index is 0.708. The molecule has 2 aromatic rings. The molecular formula is C13H18N4O. The van der Waals surface area contributed by atoms with Gasteiger partial charge in [0.25, 0.3) is 0 Å². The molecule has 2 heterocycles. The van der Waals surface area contributed by atoms with Crippen molar-refractivity contribution in [3.63, 3.8) is 0 Å². The van der Waals surface area contributed by atoms with Gasteiger partial charge in [0.15, 0.2) is 0 Å². The van der Waals surface area contributed by atoms with Crippen molar-refractivity contribution in [1.82, 2.24) is 14.8 Å². The molecule has 0 amide bonds. The fraction of sp³-hybridized carbons (Fsp3) is 0.385. The maximum Gasteiger partial charge on any atom is 0.217 e. The van der Waals surface area contributed by atoms with Crippen molar-refractivity contribution in [2.45, 2.75) is 20.3 Å². The van der Waals surface area contributed by atoms with Gasteiger partial charge < -0.3 is 10.1 Å². The molecular weight excluding hydrogens is 228 g/mol. The molecule has 0 unspecified atom stereocenters. The van der Waals surface area contributed by atoms with Crippen LogP contribution in [0.4, 0.5) is 5.69 Å². The average Bonchev–Trinajstić information content (AvgIpc) is 2.66. The van der Waals surface area contributed by atoms with Crippen LogP contribution in [0.1, 0.15) is 19.0 Å². The Hall–Kier alpha value is -2.04. The predicted octanol–water partition coefficient (Wildman–Crippen LogP) is 2.74. The Labute approximate surface area is 107 Å². The molecule has 0 bridgehead atoms. The molecule has 0 spiro atoms. The van der Waals surface area contributed by atoms with E-state index < -0.39 is 0 Å². The van der Waals surface area contributed by atoms with E-state index in [9.17, 15) is 0 Å². The first-order valence-electron chi connectivity index (χ1n) is 6.06. The summed E-state index contributed by atoms with van der Waals surface area (Å²) in [5.41, 5.74) is 1.90. The number of rotatable bonds is 5. The van der Waals surface area contributed by atoms with Crippen molar-refractivity contribution in [3.05, 3.63) is 30.2 Å². The van der Waals surface area contributed by atoms with E-state index in [1.807, 2.05) is 26.1 Å². The van der Waals surface area contributed by atoms with Crippen molar-refractivity contribution >= 4 is 5.69 Å². The molecule has 0 radical (unpaired) electrons. The summed E-state index contributed by atoms with van der Waals surface area (Å²) in [6.07, 6.45) is 4.56. The van der Waals surface area contributed by atoms with E-state index in [-0.39, 0.29) is 0 Å². The highest BCUT2D eigenvalue weighted by Gasteiger charge is 2.05. The SMILES string of the molecule is CCCNc1cncc(Oc2cc(C)nn2C)c1. The summed E-state index contributed by atoms with van der Waals surface area (Å²) in [4.78, 5) is 4.15. The van der Waals surface area contributed by atoms with Crippen LogP contribution in [-0.4, -0.2) is 21.3 Å². The number of hydrogen-bond donors (Lipinski definition) is 1. The zero-order chi connectivity index (χ0) is 13.0. The minimum absolute atomic E-state index is 0.708. The highest BCUT2D eigenvalue weighted by Crippen LogP contribution is 2.23. The number of pyridine rings is 1. The highest BCUT2D eigenvalue weighted by molar-refractivity contribution is 5.45. The Morgan fingerprint density at radius 3 is 2.83 bits per heavy atom. The fourth-order valence-electron chi connectivity index (χ4n) is 1.64. The van der Waals surface area contributed by atoms with E-state index in [0.717, 1.165) is 24.3 Å². The molecule has 0 aliphatic rings. The quantitative estimate of drug-likeness (QED) is 0.881. The summed E-state index contributed by atoms with van der Waals surface area (Å²) in [5, 5.41) is 7.51. The first kappa shape index (κ1) is 12.4. The van der Waals surface area contributed by atoms with Gasteiger partial charge in [-0.05, 0) is 13.3 Å². The molecule has 2 rings (SSSR count). The Kier molecular flexibility index (Phi) is 3.82. The lowest BCUT2D eigenvalue weighted by Crippen LogP contribution is -2.00. The van der Waals surface area contributed by atoms with Gasteiger partial charge in [0.2, 0.25) is 5.88 Å². The maximum absolute atomic E-state index is 5.75. The van der Waals surface area contributed by atoms with Crippen LogP contribution >= 0.6 is 0 Å². The number of anilines is 1. The van der Waals surface area contributed by atoms with Crippen molar-refractivity contribution < 1.29 is 4.74 Å². The molecule has 2 aromatic heterocycles. The van der Waals surface area contributed by atoms with E-state index in [2.05, 4.69) is 22.3 Å². The normalized spacial score (nSPS) is 10.4. The standard InChI is InChI=1S/C13H18N4O/c1-4-5-15-11-7-12(9-14-8-11)18-13-6-10(2)16-17(13)3/h6-9,15H,4-5H2,1-3H3. The number of nitrogens with zero attached hydrogens (tertiary/aromatic N) is 3. The number of hydrogen-bond acceptors (Lipinski definition) is 4. The average molecular weight is 246 g/mol. The van der Waals surface area contributed by atoms with Gasteiger partial charge in [-0.2, -0.15) is 5.10 Å². The molecule has 0 aliphatic heterocycles. The van der Waals surface area contributed by atoms with Crippen LogP contribution in [0.2, 0.25) is 0 Å². The Balaban J connectivity index is 2.11. The van der Waals surface area contributed by atoms with Gasteiger partial charge in [0.05, 0.1) is 23.8 Å². The smallest absolute Gasteiger partial charge is 0.217 e. The molecule has 0 atom stereocenters. The lowest BCUT2D eigenvalue weighted by atomic mass is 10.3. The predicted molar refractivity (Wildman–Crippen MR) is 71.0 cm³/mol. The second-order valence-electron chi connectivity index (χ2n) is 4.19. The van der Waals surface area contributed by atoms with E-state index in [0.29, 0.717) is 11.6 Å². The fourth-order valence-corrected chi connectivity index (χ4v) is 1.64. The second-order valence-corrected chi connectivity index (χ2v) is 4.19. The van der Waals surface area contributed by atoms with E-state index in [4.69, 9.17) is 4.74 Å². The topological polar surface area (TPSA) is 52.0 Å². The summed E-state index contributed by atoms with van der Waals surface area (Å²) in [6, 6.07) is 3.83. The Bertz CT molecular complexity index is 521. The molecule has 0 saturated carbocycles. The summed E-state index contributed by atoms with van der Waals surface area (Å²) < 4.78 is 7.46. The second kappa shape index (κ2) is 5.53. The third-order valence-electron chi connectivity index (χ3n) is 2.47. The van der Waals surface area contributed by atoms with E-state index >= 15 is 0 Å². The van der Waals surface area contributed by atoms with Crippen LogP contribution in [0.3, 0.4) is 0 Å². The number of aromatic nitrogens is 3. The molecule has 0 aliphatic carbocycles. The van der Waals surface area contributed by atoms with Gasteiger partial charge in [-0.15, -0.1) is 0 Å². The largest absolute Gasteiger partial charge is 0.438 e. The van der Waals surface area contributed by atoms with Crippen LogP contribution in [0, 0.1) is 6.92 Å². The Morgan fingerprint density at radius 1 is 1.33 bits per heavy atom. The minimum Gasteiger partial charge on any atom is -0.438 e. The van der Waals surface area contributed by atoms with Gasteiger partial charge >= 0.3 is 0 Å². The van der Waals surface area contributed by atoms with Crippen LogP contribution in [-0.2, 0) is 7.05 Å². The van der Waals surface area contributed by atoms with Gasteiger partial charge in [0, 0.05) is 25.7 Å². The Morgan fingerprint density at radius 2 is 2.17 bits per heavy atom. The maximum atomic E-state index is 5.75. The van der Waals surface area contributed by atoms with Crippen molar-refractivity contribution in [2.24, 2.45) is 7.05 Å². The van der Waals surface area contributed by atoms with Crippen LogP contribution < -0.4 is 10.1 Å². The van der Waals surface area contributed by atoms with Crippen LogP contribution in [0.25, 0.3) is 0 Å². The van der Waals surface area contributed by atoms with Gasteiger partial charge in [-0.25, -0.2) is 4.68 Å². The molecule has 5 nitrogen and oxygen atoms in total. The lowest BCUT2D eigenvalue weighted by molar-refractivity contribution is 0.429. The van der Waals surface area contributed by atoms with Crippen LogP contribution in [0.15, 0.2) is 24.5 Å². The third-order valence-corrected chi connectivity index (χ3v) is 2.47. The van der Waals surface area contributed by atoms with Crippen LogP contribution in [0.5, 0.6) is 11.6 Å². The molecule has 96 valence electrons. The molecule has 18 heavy (non-hydrogen) atoms. The van der Waals surface area contributed by atoms with Gasteiger partial charge in [0.1, 0.15) is 5.75 Å². The molecule has 0 aromatic carbocycles. The summed E-state index contributed by atoms with van der Waals surface area (Å²) in [7, 11) is 1.86. The van der Waals surface area contributed by atoms with Crippen molar-refractivity contribution in [1.29, 1.82) is 0 Å². The van der Waals surface area contributed by atoms with Crippen molar-refractivity contribution in [2.75, 3.05) is 11.9 Å². The molecule has 1 N–H and O–H groups in total. The first-order valence-corrected chi connectivity index (χ1v) is 6.06. The highest BCUT2D eigenvalue weighted by atomic mass is 16.5. The molecule has 5 heteroatoms. The van der Waals surface area contributed by atoms with E-state index in [1.54, 1.807) is 17.1 Å². The zero-order valence-electron chi connectivity index (χ0n) is 11.0. The molecule has 0 saturated heterocycles. The van der Waals surface area contributed by atoms with Gasteiger partial charge in [-0.1, -0.05) is 6.92 Å². The molecule has 0 fully saturated rings. The third kappa shape index (κ3) is 3.00. The zero-order valence-corrected chi connectivity index (χ0v) is 11.0. The first-order chi connectivity index (χ1) is 8.69. The number of ether oxygens (including phenoxy) is 1. The lowest BCUT2D eigenvalue weighted by Gasteiger charge is -2.08.